The van der Waals surface area contributed by atoms with Crippen LogP contribution in [0.2, 0.25) is 0 Å². The van der Waals surface area contributed by atoms with Crippen LogP contribution in [0.1, 0.15) is 26.2 Å². The maximum Gasteiger partial charge on any atom is 0.323 e. The van der Waals surface area contributed by atoms with Crippen LogP contribution in [0.3, 0.4) is 0 Å². The summed E-state index contributed by atoms with van der Waals surface area (Å²) in [5.74, 6) is -0.307. The molecule has 0 unspecified atom stereocenters. The molecule has 1 aliphatic rings. The van der Waals surface area contributed by atoms with E-state index in [1.165, 1.54) is 17.7 Å². The summed E-state index contributed by atoms with van der Waals surface area (Å²) in [7, 11) is 2.13. The van der Waals surface area contributed by atoms with E-state index in [4.69, 9.17) is 5.11 Å². The molecular formula is C13H25N3O3. The molecule has 110 valence electrons. The van der Waals surface area contributed by atoms with Gasteiger partial charge >= 0.3 is 12.0 Å². The van der Waals surface area contributed by atoms with Crippen molar-refractivity contribution in [2.75, 3.05) is 39.8 Å². The van der Waals surface area contributed by atoms with E-state index >= 15 is 0 Å². The molecule has 1 rings (SSSR count). The van der Waals surface area contributed by atoms with Gasteiger partial charge in [0.25, 0.3) is 0 Å². The van der Waals surface area contributed by atoms with Gasteiger partial charge in [-0.3, -0.25) is 4.79 Å². The number of likely N-dealkylation sites (tertiary alicyclic amines) is 1. The van der Waals surface area contributed by atoms with Crippen molar-refractivity contribution in [3.63, 3.8) is 0 Å². The van der Waals surface area contributed by atoms with Crippen molar-refractivity contribution >= 4 is 12.0 Å². The first kappa shape index (κ1) is 15.8. The molecule has 6 nitrogen and oxygen atoms in total. The molecule has 0 saturated carbocycles. The molecule has 0 aromatic rings. The Hall–Kier alpha value is -1.30. The number of carbonyl (C=O) groups is 2. The van der Waals surface area contributed by atoms with Gasteiger partial charge in [-0.15, -0.1) is 0 Å². The van der Waals surface area contributed by atoms with Crippen molar-refractivity contribution in [3.05, 3.63) is 0 Å². The SMILES string of the molecule is CCN(CC(=O)O)C(=O)NCCC1CCN(C)CC1. The molecule has 0 atom stereocenters. The highest BCUT2D eigenvalue weighted by Gasteiger charge is 2.18. The zero-order valence-electron chi connectivity index (χ0n) is 11.9. The molecule has 1 saturated heterocycles. The number of hydrogen-bond donors (Lipinski definition) is 2. The van der Waals surface area contributed by atoms with Gasteiger partial charge < -0.3 is 20.2 Å². The summed E-state index contributed by atoms with van der Waals surface area (Å²) < 4.78 is 0. The first-order valence-electron chi connectivity index (χ1n) is 6.96. The molecule has 0 aromatic carbocycles. The Morgan fingerprint density at radius 2 is 2.00 bits per heavy atom. The number of rotatable bonds is 6. The number of nitrogens with one attached hydrogen (secondary N) is 1. The molecule has 1 fully saturated rings. The molecule has 0 radical (unpaired) electrons. The lowest BCUT2D eigenvalue weighted by Crippen LogP contribution is -2.43. The van der Waals surface area contributed by atoms with Gasteiger partial charge in [0.2, 0.25) is 0 Å². The Bertz CT molecular complexity index is 302. The fraction of sp³-hybridized carbons (Fsp3) is 0.846. The van der Waals surface area contributed by atoms with Crippen LogP contribution in [-0.4, -0.2) is 66.7 Å². The fourth-order valence-electron chi connectivity index (χ4n) is 2.34. The van der Waals surface area contributed by atoms with Gasteiger partial charge in [0, 0.05) is 13.1 Å². The Morgan fingerprint density at radius 1 is 1.37 bits per heavy atom. The largest absolute Gasteiger partial charge is 0.480 e. The lowest BCUT2D eigenvalue weighted by atomic mass is 9.94. The van der Waals surface area contributed by atoms with Gasteiger partial charge in [0.1, 0.15) is 6.54 Å². The molecular weight excluding hydrogens is 246 g/mol. The molecule has 2 N–H and O–H groups in total. The lowest BCUT2D eigenvalue weighted by molar-refractivity contribution is -0.137. The standard InChI is InChI=1S/C13H25N3O3/c1-3-16(10-12(17)18)13(19)14-7-4-11-5-8-15(2)9-6-11/h11H,3-10H2,1-2H3,(H,14,19)(H,17,18). The first-order valence-corrected chi connectivity index (χ1v) is 6.96. The maximum absolute atomic E-state index is 11.7. The molecule has 0 aliphatic carbocycles. The number of likely N-dealkylation sites (N-methyl/N-ethyl adjacent to an activating group) is 1. The van der Waals surface area contributed by atoms with Crippen molar-refractivity contribution < 1.29 is 14.7 Å². The number of hydrogen-bond acceptors (Lipinski definition) is 3. The third kappa shape index (κ3) is 5.92. The maximum atomic E-state index is 11.7. The summed E-state index contributed by atoms with van der Waals surface area (Å²) in [5.41, 5.74) is 0. The van der Waals surface area contributed by atoms with Crippen LogP contribution in [0, 0.1) is 5.92 Å². The van der Waals surface area contributed by atoms with E-state index < -0.39 is 5.97 Å². The summed E-state index contributed by atoms with van der Waals surface area (Å²) in [5, 5.41) is 11.5. The predicted molar refractivity (Wildman–Crippen MR) is 73.1 cm³/mol. The minimum Gasteiger partial charge on any atom is -0.480 e. The highest BCUT2D eigenvalue weighted by molar-refractivity contribution is 5.79. The van der Waals surface area contributed by atoms with Crippen LogP contribution in [0.25, 0.3) is 0 Å². The van der Waals surface area contributed by atoms with Crippen molar-refractivity contribution in [3.8, 4) is 0 Å². The third-order valence-electron chi connectivity index (χ3n) is 3.66. The number of amides is 2. The number of carboxylic acid groups (broad SMARTS) is 1. The third-order valence-corrected chi connectivity index (χ3v) is 3.66. The van der Waals surface area contributed by atoms with Crippen LogP contribution < -0.4 is 5.32 Å². The van der Waals surface area contributed by atoms with E-state index in [2.05, 4.69) is 17.3 Å². The van der Waals surface area contributed by atoms with Gasteiger partial charge in [-0.1, -0.05) is 0 Å². The minimum absolute atomic E-state index is 0.240. The molecule has 2 amide bonds. The van der Waals surface area contributed by atoms with Crippen molar-refractivity contribution in [1.82, 2.24) is 15.1 Å². The fourth-order valence-corrected chi connectivity index (χ4v) is 2.34. The summed E-state index contributed by atoms with van der Waals surface area (Å²) in [4.78, 5) is 26.0. The minimum atomic E-state index is -0.979. The van der Waals surface area contributed by atoms with Crippen LogP contribution in [-0.2, 0) is 4.79 Å². The molecule has 0 spiro atoms. The molecule has 1 heterocycles. The van der Waals surface area contributed by atoms with E-state index in [-0.39, 0.29) is 12.6 Å². The summed E-state index contributed by atoms with van der Waals surface area (Å²) in [6.07, 6.45) is 3.34. The summed E-state index contributed by atoms with van der Waals surface area (Å²) in [6, 6.07) is -0.280. The van der Waals surface area contributed by atoms with Crippen molar-refractivity contribution in [2.24, 2.45) is 5.92 Å². The Balaban J connectivity index is 2.20. The highest BCUT2D eigenvalue weighted by atomic mass is 16.4. The quantitative estimate of drug-likeness (QED) is 0.750. The van der Waals surface area contributed by atoms with E-state index in [0.717, 1.165) is 19.5 Å². The van der Waals surface area contributed by atoms with Crippen molar-refractivity contribution in [2.45, 2.75) is 26.2 Å². The average Bonchev–Trinajstić information content (AvgIpc) is 2.38. The van der Waals surface area contributed by atoms with Gasteiger partial charge in [0.05, 0.1) is 0 Å². The number of nitrogens with zero attached hydrogens (tertiary/aromatic N) is 2. The normalized spacial score (nSPS) is 17.2. The second-order valence-electron chi connectivity index (χ2n) is 5.18. The first-order chi connectivity index (χ1) is 9.02. The van der Waals surface area contributed by atoms with Gasteiger partial charge in [-0.2, -0.15) is 0 Å². The molecule has 6 heteroatoms. The van der Waals surface area contributed by atoms with Gasteiger partial charge in [-0.05, 0) is 52.2 Å². The Kier molecular flexibility index (Phi) is 6.62. The number of aliphatic carboxylic acids is 1. The monoisotopic (exact) mass is 271 g/mol. The predicted octanol–water partition coefficient (Wildman–Crippen LogP) is 0.834. The zero-order valence-corrected chi connectivity index (χ0v) is 11.9. The topological polar surface area (TPSA) is 72.9 Å². The molecule has 0 bridgehead atoms. The highest BCUT2D eigenvalue weighted by Crippen LogP contribution is 2.18. The van der Waals surface area contributed by atoms with E-state index in [0.29, 0.717) is 19.0 Å². The lowest BCUT2D eigenvalue weighted by Gasteiger charge is -2.29. The van der Waals surface area contributed by atoms with Crippen LogP contribution >= 0.6 is 0 Å². The van der Waals surface area contributed by atoms with E-state index in [9.17, 15) is 9.59 Å². The number of carbonyl (C=O) groups excluding carboxylic acids is 1. The second kappa shape index (κ2) is 7.99. The van der Waals surface area contributed by atoms with Crippen molar-refractivity contribution in [1.29, 1.82) is 0 Å². The van der Waals surface area contributed by atoms with Crippen LogP contribution in [0.5, 0.6) is 0 Å². The molecule has 1 aliphatic heterocycles. The summed E-state index contributed by atoms with van der Waals surface area (Å²) in [6.45, 7) is 4.82. The average molecular weight is 271 g/mol. The van der Waals surface area contributed by atoms with Gasteiger partial charge in [0.15, 0.2) is 0 Å². The summed E-state index contributed by atoms with van der Waals surface area (Å²) >= 11 is 0. The second-order valence-corrected chi connectivity index (χ2v) is 5.18. The van der Waals surface area contributed by atoms with Crippen LogP contribution in [0.15, 0.2) is 0 Å². The number of carboxylic acids is 1. The zero-order chi connectivity index (χ0) is 14.3. The Labute approximate surface area is 114 Å². The van der Waals surface area contributed by atoms with Gasteiger partial charge in [-0.25, -0.2) is 4.79 Å². The van der Waals surface area contributed by atoms with E-state index in [1.54, 1.807) is 6.92 Å². The molecule has 0 aromatic heterocycles. The number of piperidine rings is 1. The van der Waals surface area contributed by atoms with E-state index in [1.807, 2.05) is 0 Å². The Morgan fingerprint density at radius 3 is 2.53 bits per heavy atom. The smallest absolute Gasteiger partial charge is 0.323 e. The molecule has 19 heavy (non-hydrogen) atoms. The number of urea groups is 1. The van der Waals surface area contributed by atoms with Crippen LogP contribution in [0.4, 0.5) is 4.79 Å².